The van der Waals surface area contributed by atoms with E-state index in [9.17, 15) is 4.79 Å². The molecule has 1 fully saturated rings. The molecule has 0 aromatic rings. The summed E-state index contributed by atoms with van der Waals surface area (Å²) in [7, 11) is 0. The molecule has 0 saturated carbocycles. The van der Waals surface area contributed by atoms with Crippen LogP contribution < -0.4 is 5.32 Å². The Labute approximate surface area is 91.3 Å². The van der Waals surface area contributed by atoms with Crippen LogP contribution in [0.15, 0.2) is 0 Å². The summed E-state index contributed by atoms with van der Waals surface area (Å²) in [6, 6.07) is 0. The molecule has 4 nitrogen and oxygen atoms in total. The Kier molecular flexibility index (Phi) is 3.73. The van der Waals surface area contributed by atoms with Gasteiger partial charge < -0.3 is 14.8 Å². The smallest absolute Gasteiger partial charge is 0.225 e. The maximum Gasteiger partial charge on any atom is 0.225 e. The van der Waals surface area contributed by atoms with E-state index in [2.05, 4.69) is 5.32 Å². The number of nitrogens with one attached hydrogen (secondary N) is 1. The molecule has 1 heterocycles. The van der Waals surface area contributed by atoms with E-state index in [0.29, 0.717) is 26.2 Å². The Hall–Kier alpha value is -0.610. The molecule has 1 aliphatic heterocycles. The fraction of sp³-hybridized carbons (Fsp3) is 0.909. The Morgan fingerprint density at radius 3 is 2.33 bits per heavy atom. The van der Waals surface area contributed by atoms with Crippen molar-refractivity contribution in [2.24, 2.45) is 5.41 Å². The lowest BCUT2D eigenvalue weighted by molar-refractivity contribution is -0.147. The molecule has 0 aliphatic carbocycles. The molecule has 0 radical (unpaired) electrons. The molecule has 15 heavy (non-hydrogen) atoms. The van der Waals surface area contributed by atoms with Crippen molar-refractivity contribution < 1.29 is 14.3 Å². The molecule has 1 amide bonds. The van der Waals surface area contributed by atoms with Gasteiger partial charge in [0.25, 0.3) is 0 Å². The predicted octanol–water partition coefficient (Wildman–Crippen LogP) is 1.30. The first-order valence-electron chi connectivity index (χ1n) is 5.40. The average Bonchev–Trinajstić information content (AvgIpc) is 2.50. The minimum Gasteiger partial charge on any atom is -0.355 e. The highest BCUT2D eigenvalue weighted by molar-refractivity contribution is 5.81. The van der Waals surface area contributed by atoms with E-state index in [1.165, 1.54) is 0 Å². The van der Waals surface area contributed by atoms with Gasteiger partial charge in [-0.2, -0.15) is 0 Å². The topological polar surface area (TPSA) is 47.6 Å². The van der Waals surface area contributed by atoms with Crippen molar-refractivity contribution in [3.05, 3.63) is 0 Å². The molecule has 1 saturated heterocycles. The summed E-state index contributed by atoms with van der Waals surface area (Å²) in [4.78, 5) is 11.5. The summed E-state index contributed by atoms with van der Waals surface area (Å²) in [5.41, 5.74) is -0.335. The fourth-order valence-electron chi connectivity index (χ4n) is 1.37. The highest BCUT2D eigenvalue weighted by Crippen LogP contribution is 2.22. The van der Waals surface area contributed by atoms with Crippen molar-refractivity contribution in [3.8, 4) is 0 Å². The van der Waals surface area contributed by atoms with E-state index in [4.69, 9.17) is 9.47 Å². The van der Waals surface area contributed by atoms with Crippen LogP contribution in [0.4, 0.5) is 0 Å². The Balaban J connectivity index is 2.24. The van der Waals surface area contributed by atoms with E-state index < -0.39 is 5.79 Å². The number of amides is 1. The van der Waals surface area contributed by atoms with E-state index in [1.807, 2.05) is 27.7 Å². The van der Waals surface area contributed by atoms with E-state index in [-0.39, 0.29) is 11.3 Å². The second-order valence-electron chi connectivity index (χ2n) is 5.09. The first-order chi connectivity index (χ1) is 6.83. The standard InChI is InChI=1S/C11H21NO3/c1-10(2,3)9(13)12-6-5-11(4)14-7-8-15-11/h5-8H2,1-4H3,(H,12,13). The second-order valence-corrected chi connectivity index (χ2v) is 5.09. The van der Waals surface area contributed by atoms with Gasteiger partial charge in [-0.1, -0.05) is 20.8 Å². The van der Waals surface area contributed by atoms with Gasteiger partial charge in [-0.05, 0) is 6.92 Å². The lowest BCUT2D eigenvalue weighted by Gasteiger charge is -2.24. The molecule has 0 unspecified atom stereocenters. The molecule has 88 valence electrons. The molecule has 1 N–H and O–H groups in total. The van der Waals surface area contributed by atoms with Gasteiger partial charge in [0.2, 0.25) is 5.91 Å². The third-order valence-electron chi connectivity index (χ3n) is 2.44. The normalized spacial score (nSPS) is 20.3. The summed E-state index contributed by atoms with van der Waals surface area (Å²) >= 11 is 0. The third-order valence-corrected chi connectivity index (χ3v) is 2.44. The molecule has 0 spiro atoms. The predicted molar refractivity (Wildman–Crippen MR) is 57.4 cm³/mol. The molecular weight excluding hydrogens is 194 g/mol. The van der Waals surface area contributed by atoms with Crippen molar-refractivity contribution in [2.45, 2.75) is 39.9 Å². The number of rotatable bonds is 3. The Morgan fingerprint density at radius 1 is 1.33 bits per heavy atom. The molecule has 0 atom stereocenters. The van der Waals surface area contributed by atoms with Gasteiger partial charge in [0.15, 0.2) is 5.79 Å². The monoisotopic (exact) mass is 215 g/mol. The minimum atomic E-state index is -0.509. The van der Waals surface area contributed by atoms with E-state index in [1.54, 1.807) is 0 Å². The summed E-state index contributed by atoms with van der Waals surface area (Å²) in [6.07, 6.45) is 0.689. The van der Waals surface area contributed by atoms with Gasteiger partial charge >= 0.3 is 0 Å². The average molecular weight is 215 g/mol. The zero-order valence-corrected chi connectivity index (χ0v) is 10.1. The van der Waals surface area contributed by atoms with Gasteiger partial charge in [0.1, 0.15) is 0 Å². The Morgan fingerprint density at radius 2 is 1.87 bits per heavy atom. The van der Waals surface area contributed by atoms with Crippen molar-refractivity contribution in [2.75, 3.05) is 19.8 Å². The number of hydrogen-bond acceptors (Lipinski definition) is 3. The van der Waals surface area contributed by atoms with Gasteiger partial charge in [-0.3, -0.25) is 4.79 Å². The SMILES string of the molecule is CC1(CCNC(=O)C(C)(C)C)OCCO1. The Bertz CT molecular complexity index is 226. The molecular formula is C11H21NO3. The molecule has 0 aromatic carbocycles. The van der Waals surface area contributed by atoms with Crippen LogP contribution in [0.5, 0.6) is 0 Å². The summed E-state index contributed by atoms with van der Waals surface area (Å²) in [5, 5.41) is 2.88. The maximum absolute atomic E-state index is 11.5. The largest absolute Gasteiger partial charge is 0.355 e. The van der Waals surface area contributed by atoms with Gasteiger partial charge in [-0.15, -0.1) is 0 Å². The lowest BCUT2D eigenvalue weighted by Crippen LogP contribution is -2.38. The molecule has 1 aliphatic rings. The van der Waals surface area contributed by atoms with Crippen LogP contribution in [0.1, 0.15) is 34.1 Å². The summed E-state index contributed by atoms with van der Waals surface area (Å²) in [6.45, 7) is 9.47. The highest BCUT2D eigenvalue weighted by Gasteiger charge is 2.31. The number of hydrogen-bond donors (Lipinski definition) is 1. The lowest BCUT2D eigenvalue weighted by atomic mass is 9.95. The van der Waals surface area contributed by atoms with Gasteiger partial charge in [-0.25, -0.2) is 0 Å². The zero-order valence-electron chi connectivity index (χ0n) is 10.1. The maximum atomic E-state index is 11.5. The number of carbonyl (C=O) groups excluding carboxylic acids is 1. The number of ether oxygens (including phenoxy) is 2. The molecule has 1 rings (SSSR count). The van der Waals surface area contributed by atoms with E-state index >= 15 is 0 Å². The summed E-state index contributed by atoms with van der Waals surface area (Å²) in [5.74, 6) is -0.449. The quantitative estimate of drug-likeness (QED) is 0.772. The molecule has 0 bridgehead atoms. The van der Waals surface area contributed by atoms with Crippen LogP contribution in [-0.2, 0) is 14.3 Å². The van der Waals surface area contributed by atoms with Crippen LogP contribution in [0, 0.1) is 5.41 Å². The van der Waals surface area contributed by atoms with Crippen molar-refractivity contribution in [3.63, 3.8) is 0 Å². The first-order valence-corrected chi connectivity index (χ1v) is 5.40. The van der Waals surface area contributed by atoms with Crippen molar-refractivity contribution in [1.29, 1.82) is 0 Å². The minimum absolute atomic E-state index is 0.0593. The van der Waals surface area contributed by atoms with Gasteiger partial charge in [0, 0.05) is 18.4 Å². The molecule has 0 aromatic heterocycles. The van der Waals surface area contributed by atoms with Gasteiger partial charge in [0.05, 0.1) is 13.2 Å². The van der Waals surface area contributed by atoms with Crippen LogP contribution >= 0.6 is 0 Å². The zero-order chi connectivity index (χ0) is 11.5. The second kappa shape index (κ2) is 4.49. The number of carbonyl (C=O) groups is 1. The van der Waals surface area contributed by atoms with E-state index in [0.717, 1.165) is 0 Å². The van der Waals surface area contributed by atoms with Crippen molar-refractivity contribution in [1.82, 2.24) is 5.32 Å². The fourth-order valence-corrected chi connectivity index (χ4v) is 1.37. The van der Waals surface area contributed by atoms with Crippen LogP contribution in [-0.4, -0.2) is 31.5 Å². The van der Waals surface area contributed by atoms with Crippen LogP contribution in [0.2, 0.25) is 0 Å². The summed E-state index contributed by atoms with van der Waals surface area (Å²) < 4.78 is 10.9. The third kappa shape index (κ3) is 3.80. The van der Waals surface area contributed by atoms with Crippen LogP contribution in [0.25, 0.3) is 0 Å². The van der Waals surface area contributed by atoms with Crippen LogP contribution in [0.3, 0.4) is 0 Å². The highest BCUT2D eigenvalue weighted by atomic mass is 16.7. The molecule has 4 heteroatoms. The van der Waals surface area contributed by atoms with Crippen molar-refractivity contribution >= 4 is 5.91 Å². The first kappa shape index (κ1) is 12.5.